The number of fused-ring (bicyclic) bond motifs is 1. The van der Waals surface area contributed by atoms with Gasteiger partial charge in [0.1, 0.15) is 6.04 Å². The van der Waals surface area contributed by atoms with Crippen molar-refractivity contribution in [3.8, 4) is 0 Å². The first kappa shape index (κ1) is 23.9. The van der Waals surface area contributed by atoms with Gasteiger partial charge in [-0.3, -0.25) is 9.98 Å². The van der Waals surface area contributed by atoms with E-state index in [1.807, 2.05) is 39.0 Å². The van der Waals surface area contributed by atoms with Crippen molar-refractivity contribution in [3.05, 3.63) is 64.0 Å². The summed E-state index contributed by atoms with van der Waals surface area (Å²) in [7, 11) is 0. The molecule has 32 heavy (non-hydrogen) atoms. The van der Waals surface area contributed by atoms with Crippen molar-refractivity contribution in [2.75, 3.05) is 0 Å². The lowest BCUT2D eigenvalue weighted by Crippen LogP contribution is -2.28. The Bertz CT molecular complexity index is 1170. The van der Waals surface area contributed by atoms with Crippen LogP contribution in [0.15, 0.2) is 35.5 Å². The first-order chi connectivity index (χ1) is 15.0. The average Bonchev–Trinajstić information content (AvgIpc) is 2.73. The fourth-order valence-electron chi connectivity index (χ4n) is 3.86. The highest BCUT2D eigenvalue weighted by atomic mass is 19.4. The Kier molecular flexibility index (Phi) is 6.98. The molecule has 1 unspecified atom stereocenters. The lowest BCUT2D eigenvalue weighted by molar-refractivity contribution is -0.149. The fourth-order valence-corrected chi connectivity index (χ4v) is 3.86. The van der Waals surface area contributed by atoms with E-state index in [1.165, 1.54) is 0 Å². The van der Waals surface area contributed by atoms with E-state index in [9.17, 15) is 13.2 Å². The summed E-state index contributed by atoms with van der Waals surface area (Å²) in [5, 5.41) is 0. The van der Waals surface area contributed by atoms with Crippen LogP contribution in [0.25, 0.3) is 11.0 Å². The van der Waals surface area contributed by atoms with Gasteiger partial charge in [0, 0.05) is 23.0 Å². The number of aromatic nitrogens is 2. The van der Waals surface area contributed by atoms with E-state index in [4.69, 9.17) is 5.73 Å². The highest BCUT2D eigenvalue weighted by molar-refractivity contribution is 6.09. The number of hydrogen-bond donors (Lipinski definition) is 1. The Balaban J connectivity index is 2.21. The van der Waals surface area contributed by atoms with E-state index in [2.05, 4.69) is 15.0 Å². The average molecular weight is 443 g/mol. The minimum absolute atomic E-state index is 0.00314. The Morgan fingerprint density at radius 2 is 1.84 bits per heavy atom. The number of hydrogen-bond acceptors (Lipinski definition) is 4. The highest BCUT2D eigenvalue weighted by Gasteiger charge is 2.39. The van der Waals surface area contributed by atoms with Gasteiger partial charge in [0.15, 0.2) is 0 Å². The van der Waals surface area contributed by atoms with E-state index in [1.54, 1.807) is 26.1 Å². The smallest absolute Gasteiger partial charge is 0.316 e. The van der Waals surface area contributed by atoms with Gasteiger partial charge < -0.3 is 5.73 Å². The third-order valence-electron chi connectivity index (χ3n) is 5.49. The zero-order chi connectivity index (χ0) is 23.6. The predicted molar refractivity (Wildman–Crippen MR) is 124 cm³/mol. The molecule has 0 aliphatic heterocycles. The molecule has 1 heterocycles. The Morgan fingerprint density at radius 3 is 2.47 bits per heavy atom. The van der Waals surface area contributed by atoms with Crippen LogP contribution in [0.4, 0.5) is 18.9 Å². The molecule has 1 aromatic heterocycles. The number of nitrogens with zero attached hydrogens (tertiary/aromatic N) is 3. The second-order valence-corrected chi connectivity index (χ2v) is 8.21. The molecule has 2 N–H and O–H groups in total. The molecule has 0 aliphatic carbocycles. The third kappa shape index (κ3) is 4.99. The summed E-state index contributed by atoms with van der Waals surface area (Å²) in [6.45, 7) is 9.51. The maximum absolute atomic E-state index is 13.6. The zero-order valence-electron chi connectivity index (χ0n) is 19.1. The number of alkyl halides is 3. The van der Waals surface area contributed by atoms with E-state index in [-0.39, 0.29) is 11.3 Å². The quantitative estimate of drug-likeness (QED) is 0.445. The number of aryl methyl sites for hydroxylation is 4. The van der Waals surface area contributed by atoms with Crippen LogP contribution in [0.3, 0.4) is 0 Å². The number of benzene rings is 2. The van der Waals surface area contributed by atoms with Crippen molar-refractivity contribution in [2.45, 2.75) is 66.1 Å². The van der Waals surface area contributed by atoms with E-state index in [0.717, 1.165) is 40.7 Å². The molecule has 2 aromatic carbocycles. The van der Waals surface area contributed by atoms with Gasteiger partial charge in [-0.25, -0.2) is 4.98 Å². The molecule has 3 aromatic rings. The van der Waals surface area contributed by atoms with Crippen LogP contribution >= 0.6 is 0 Å². The van der Waals surface area contributed by atoms with Crippen molar-refractivity contribution in [1.29, 1.82) is 0 Å². The molecular formula is C25H29F3N4. The Morgan fingerprint density at radius 1 is 1.12 bits per heavy atom. The maximum atomic E-state index is 13.6. The SMILES string of the molecule is CCCc1cc(C)c(/N=C(\C)c2cc(C)cc3nc(CC)cnc23)c(C(N)C(F)(F)F)c1. The summed E-state index contributed by atoms with van der Waals surface area (Å²) in [5.41, 5.74) is 12.0. The summed E-state index contributed by atoms with van der Waals surface area (Å²) >= 11 is 0. The molecular weight excluding hydrogens is 413 g/mol. The third-order valence-corrected chi connectivity index (χ3v) is 5.49. The summed E-state index contributed by atoms with van der Waals surface area (Å²) < 4.78 is 40.7. The van der Waals surface area contributed by atoms with E-state index < -0.39 is 12.2 Å². The first-order valence-electron chi connectivity index (χ1n) is 10.8. The van der Waals surface area contributed by atoms with E-state index in [0.29, 0.717) is 23.2 Å². The van der Waals surface area contributed by atoms with Gasteiger partial charge in [0.25, 0.3) is 0 Å². The molecule has 0 fully saturated rings. The second kappa shape index (κ2) is 9.36. The topological polar surface area (TPSA) is 64.2 Å². The van der Waals surface area contributed by atoms with Gasteiger partial charge in [-0.15, -0.1) is 0 Å². The van der Waals surface area contributed by atoms with Gasteiger partial charge >= 0.3 is 6.18 Å². The second-order valence-electron chi connectivity index (χ2n) is 8.21. The van der Waals surface area contributed by atoms with Crippen LogP contribution in [-0.2, 0) is 12.8 Å². The minimum atomic E-state index is -4.56. The molecule has 1 atom stereocenters. The molecule has 0 spiro atoms. The van der Waals surface area contributed by atoms with Crippen molar-refractivity contribution < 1.29 is 13.2 Å². The van der Waals surface area contributed by atoms with Crippen LogP contribution in [0.2, 0.25) is 0 Å². The Labute approximate surface area is 186 Å². The molecule has 0 saturated carbocycles. The molecule has 0 saturated heterocycles. The van der Waals surface area contributed by atoms with E-state index >= 15 is 0 Å². The van der Waals surface area contributed by atoms with Crippen molar-refractivity contribution in [2.24, 2.45) is 10.7 Å². The predicted octanol–water partition coefficient (Wildman–Crippen LogP) is 6.46. The summed E-state index contributed by atoms with van der Waals surface area (Å²) in [4.78, 5) is 13.9. The van der Waals surface area contributed by atoms with Crippen LogP contribution in [0.5, 0.6) is 0 Å². The summed E-state index contributed by atoms with van der Waals surface area (Å²) in [5.74, 6) is 0. The molecule has 7 heteroatoms. The van der Waals surface area contributed by atoms with Gasteiger partial charge in [-0.1, -0.05) is 32.4 Å². The zero-order valence-corrected chi connectivity index (χ0v) is 19.1. The number of halogens is 3. The largest absolute Gasteiger partial charge is 0.407 e. The van der Waals surface area contributed by atoms with Crippen LogP contribution < -0.4 is 5.73 Å². The Hall–Kier alpha value is -2.80. The number of nitrogens with two attached hydrogens (primary N) is 1. The van der Waals surface area contributed by atoms with Crippen molar-refractivity contribution in [1.82, 2.24) is 9.97 Å². The molecule has 4 nitrogen and oxygen atoms in total. The van der Waals surface area contributed by atoms with Gasteiger partial charge in [0.05, 0.1) is 22.4 Å². The highest BCUT2D eigenvalue weighted by Crippen LogP contribution is 2.38. The number of rotatable bonds is 6. The first-order valence-corrected chi connectivity index (χ1v) is 10.8. The van der Waals surface area contributed by atoms with Crippen LogP contribution in [0, 0.1) is 13.8 Å². The maximum Gasteiger partial charge on any atom is 0.407 e. The van der Waals surface area contributed by atoms with Crippen LogP contribution in [-0.4, -0.2) is 21.9 Å². The summed E-state index contributed by atoms with van der Waals surface area (Å²) in [6.07, 6.45) is -0.562. The molecule has 0 radical (unpaired) electrons. The molecule has 0 amide bonds. The van der Waals surface area contributed by atoms with Gasteiger partial charge in [-0.2, -0.15) is 13.2 Å². The van der Waals surface area contributed by atoms with Gasteiger partial charge in [0.2, 0.25) is 0 Å². The monoisotopic (exact) mass is 442 g/mol. The number of aliphatic imine (C=N–C) groups is 1. The minimum Gasteiger partial charge on any atom is -0.316 e. The molecule has 170 valence electrons. The molecule has 0 aliphatic rings. The lowest BCUT2D eigenvalue weighted by atomic mass is 9.95. The fraction of sp³-hybridized carbons (Fsp3) is 0.400. The van der Waals surface area contributed by atoms with Crippen LogP contribution in [0.1, 0.15) is 66.7 Å². The summed E-state index contributed by atoms with van der Waals surface area (Å²) in [6, 6.07) is 5.22. The molecule has 0 bridgehead atoms. The lowest BCUT2D eigenvalue weighted by Gasteiger charge is -2.21. The normalized spacial score (nSPS) is 13.6. The van der Waals surface area contributed by atoms with Crippen molar-refractivity contribution >= 4 is 22.4 Å². The van der Waals surface area contributed by atoms with Gasteiger partial charge in [-0.05, 0) is 62.4 Å². The standard InChI is InChI=1S/C25H29F3N4/c1-6-8-17-11-15(4)22(20(12-17)24(29)25(26,27)28)31-16(5)19-9-14(3)10-21-23(19)30-13-18(7-2)32-21/h9-13,24H,6-8,29H2,1-5H3/b31-16+. The van der Waals surface area contributed by atoms with Crippen molar-refractivity contribution in [3.63, 3.8) is 0 Å². The molecule has 3 rings (SSSR count).